The maximum atomic E-state index is 11.4. The molecule has 0 aromatic heterocycles. The molecule has 1 aromatic carbocycles. The van der Waals surface area contributed by atoms with Gasteiger partial charge in [0.2, 0.25) is 0 Å². The second kappa shape index (κ2) is 6.25. The van der Waals surface area contributed by atoms with E-state index >= 15 is 0 Å². The van der Waals surface area contributed by atoms with Crippen LogP contribution < -0.4 is 0 Å². The summed E-state index contributed by atoms with van der Waals surface area (Å²) in [5.74, 6) is 0.571. The van der Waals surface area contributed by atoms with E-state index in [2.05, 4.69) is 11.0 Å². The second-order valence-corrected chi connectivity index (χ2v) is 8.09. The van der Waals surface area contributed by atoms with E-state index in [1.807, 2.05) is 18.2 Å². The van der Waals surface area contributed by atoms with Gasteiger partial charge in [0.05, 0.1) is 5.75 Å². The molecule has 1 aromatic rings. The summed E-state index contributed by atoms with van der Waals surface area (Å²) in [5, 5.41) is 0.752. The highest BCUT2D eigenvalue weighted by atomic mass is 35.5. The molecule has 5 heteroatoms. The Kier molecular flexibility index (Phi) is 4.87. The predicted molar refractivity (Wildman–Crippen MR) is 79.2 cm³/mol. The molecule has 3 nitrogen and oxygen atoms in total. The van der Waals surface area contributed by atoms with Crippen molar-refractivity contribution in [3.63, 3.8) is 0 Å². The first kappa shape index (κ1) is 14.8. The van der Waals surface area contributed by atoms with Crippen molar-refractivity contribution in [2.45, 2.75) is 19.4 Å². The summed E-state index contributed by atoms with van der Waals surface area (Å²) in [6.45, 7) is 2.74. The number of sulfone groups is 1. The van der Waals surface area contributed by atoms with E-state index in [-0.39, 0.29) is 5.92 Å². The van der Waals surface area contributed by atoms with Gasteiger partial charge in [-0.25, -0.2) is 8.42 Å². The van der Waals surface area contributed by atoms with Crippen LogP contribution in [0.15, 0.2) is 24.3 Å². The van der Waals surface area contributed by atoms with E-state index in [0.29, 0.717) is 5.75 Å². The Bertz CT molecular complexity index is 530. The van der Waals surface area contributed by atoms with Gasteiger partial charge in [-0.3, -0.25) is 4.90 Å². The lowest BCUT2D eigenvalue weighted by Crippen LogP contribution is -2.37. The number of nitrogens with zero attached hydrogens (tertiary/aromatic N) is 1. The van der Waals surface area contributed by atoms with Crippen molar-refractivity contribution >= 4 is 21.4 Å². The standard InChI is InChI=1S/C14H20ClNO2S/c1-19(17,18)11-13-5-3-7-16(10-13)9-12-4-2-6-14(15)8-12/h2,4,6,8,13H,3,5,7,9-11H2,1H3. The average Bonchev–Trinajstić information content (AvgIpc) is 2.27. The van der Waals surface area contributed by atoms with E-state index in [1.165, 1.54) is 11.8 Å². The summed E-state index contributed by atoms with van der Waals surface area (Å²) in [6.07, 6.45) is 3.41. The van der Waals surface area contributed by atoms with Gasteiger partial charge in [0, 0.05) is 24.4 Å². The lowest BCUT2D eigenvalue weighted by atomic mass is 9.99. The van der Waals surface area contributed by atoms with Crippen LogP contribution in [0.25, 0.3) is 0 Å². The van der Waals surface area contributed by atoms with Crippen molar-refractivity contribution in [2.24, 2.45) is 5.92 Å². The van der Waals surface area contributed by atoms with E-state index < -0.39 is 9.84 Å². The third kappa shape index (κ3) is 5.13. The highest BCUT2D eigenvalue weighted by Gasteiger charge is 2.23. The lowest BCUT2D eigenvalue weighted by molar-refractivity contribution is 0.178. The van der Waals surface area contributed by atoms with Crippen molar-refractivity contribution in [1.29, 1.82) is 0 Å². The zero-order valence-corrected chi connectivity index (χ0v) is 12.8. The predicted octanol–water partition coefficient (Wildman–Crippen LogP) is 2.60. The van der Waals surface area contributed by atoms with Crippen LogP contribution in [0.5, 0.6) is 0 Å². The molecular weight excluding hydrogens is 282 g/mol. The Morgan fingerprint density at radius 2 is 2.21 bits per heavy atom. The second-order valence-electron chi connectivity index (χ2n) is 5.47. The number of benzene rings is 1. The average molecular weight is 302 g/mol. The third-order valence-corrected chi connectivity index (χ3v) is 4.75. The monoisotopic (exact) mass is 301 g/mol. The Morgan fingerprint density at radius 1 is 1.42 bits per heavy atom. The molecule has 0 bridgehead atoms. The molecule has 0 spiro atoms. The number of hydrogen-bond donors (Lipinski definition) is 0. The van der Waals surface area contributed by atoms with Gasteiger partial charge >= 0.3 is 0 Å². The van der Waals surface area contributed by atoms with Crippen molar-refractivity contribution in [1.82, 2.24) is 4.90 Å². The smallest absolute Gasteiger partial charge is 0.147 e. The van der Waals surface area contributed by atoms with Crippen LogP contribution in [0.1, 0.15) is 18.4 Å². The summed E-state index contributed by atoms with van der Waals surface area (Å²) in [4.78, 5) is 2.32. The number of halogens is 1. The van der Waals surface area contributed by atoms with E-state index in [4.69, 9.17) is 11.6 Å². The molecule has 0 amide bonds. The summed E-state index contributed by atoms with van der Waals surface area (Å²) in [7, 11) is -2.87. The number of hydrogen-bond acceptors (Lipinski definition) is 3. The summed E-state index contributed by atoms with van der Waals surface area (Å²) >= 11 is 5.98. The lowest BCUT2D eigenvalue weighted by Gasteiger charge is -2.32. The molecule has 0 aliphatic carbocycles. The molecule has 1 aliphatic rings. The maximum Gasteiger partial charge on any atom is 0.147 e. The SMILES string of the molecule is CS(=O)(=O)CC1CCCN(Cc2cccc(Cl)c2)C1. The van der Waals surface area contributed by atoms with E-state index in [0.717, 1.165) is 37.5 Å². The number of piperidine rings is 1. The van der Waals surface area contributed by atoms with Gasteiger partial charge in [0.15, 0.2) is 0 Å². The molecule has 1 aliphatic heterocycles. The Labute approximate surface area is 120 Å². The third-order valence-electron chi connectivity index (χ3n) is 3.44. The van der Waals surface area contributed by atoms with Crippen molar-refractivity contribution < 1.29 is 8.42 Å². The minimum atomic E-state index is -2.87. The van der Waals surface area contributed by atoms with Crippen LogP contribution in [0.4, 0.5) is 0 Å². The molecule has 0 saturated carbocycles. The molecule has 0 N–H and O–H groups in total. The van der Waals surface area contributed by atoms with Crippen LogP contribution >= 0.6 is 11.6 Å². The summed E-state index contributed by atoms with van der Waals surface area (Å²) in [5.41, 5.74) is 1.19. The highest BCUT2D eigenvalue weighted by molar-refractivity contribution is 7.90. The Balaban J connectivity index is 1.94. The summed E-state index contributed by atoms with van der Waals surface area (Å²) in [6, 6.07) is 7.86. The molecule has 0 radical (unpaired) electrons. The zero-order valence-electron chi connectivity index (χ0n) is 11.2. The molecule has 1 heterocycles. The Hall–Kier alpha value is -0.580. The van der Waals surface area contributed by atoms with Crippen LogP contribution in [0, 0.1) is 5.92 Å². The maximum absolute atomic E-state index is 11.4. The topological polar surface area (TPSA) is 37.4 Å². The molecular formula is C14H20ClNO2S. The quantitative estimate of drug-likeness (QED) is 0.858. The van der Waals surface area contributed by atoms with Gasteiger partial charge < -0.3 is 0 Å². The number of rotatable bonds is 4. The fourth-order valence-electron chi connectivity index (χ4n) is 2.75. The van der Waals surface area contributed by atoms with Gasteiger partial charge in [-0.2, -0.15) is 0 Å². The first-order valence-electron chi connectivity index (χ1n) is 6.57. The number of likely N-dealkylation sites (tertiary alicyclic amines) is 1. The van der Waals surface area contributed by atoms with Crippen molar-refractivity contribution in [3.8, 4) is 0 Å². The van der Waals surface area contributed by atoms with Crippen LogP contribution in [-0.2, 0) is 16.4 Å². The zero-order chi connectivity index (χ0) is 13.9. The van der Waals surface area contributed by atoms with Crippen molar-refractivity contribution in [3.05, 3.63) is 34.9 Å². The first-order valence-corrected chi connectivity index (χ1v) is 9.01. The van der Waals surface area contributed by atoms with E-state index in [1.54, 1.807) is 0 Å². The first-order chi connectivity index (χ1) is 8.92. The van der Waals surface area contributed by atoms with Gasteiger partial charge in [-0.1, -0.05) is 23.7 Å². The fourth-order valence-corrected chi connectivity index (χ4v) is 4.09. The van der Waals surface area contributed by atoms with Crippen LogP contribution in [0.2, 0.25) is 5.02 Å². The highest BCUT2D eigenvalue weighted by Crippen LogP contribution is 2.20. The van der Waals surface area contributed by atoms with Gasteiger partial charge in [-0.05, 0) is 43.0 Å². The largest absolute Gasteiger partial charge is 0.299 e. The Morgan fingerprint density at radius 3 is 2.89 bits per heavy atom. The normalized spacial score (nSPS) is 21.5. The molecule has 1 fully saturated rings. The fraction of sp³-hybridized carbons (Fsp3) is 0.571. The minimum Gasteiger partial charge on any atom is -0.299 e. The summed E-state index contributed by atoms with van der Waals surface area (Å²) < 4.78 is 22.7. The minimum absolute atomic E-state index is 0.267. The van der Waals surface area contributed by atoms with Gasteiger partial charge in [-0.15, -0.1) is 0 Å². The van der Waals surface area contributed by atoms with Crippen molar-refractivity contribution in [2.75, 3.05) is 25.1 Å². The van der Waals surface area contributed by atoms with Gasteiger partial charge in [0.25, 0.3) is 0 Å². The molecule has 1 unspecified atom stereocenters. The van der Waals surface area contributed by atoms with Gasteiger partial charge in [0.1, 0.15) is 9.84 Å². The molecule has 1 atom stereocenters. The molecule has 19 heavy (non-hydrogen) atoms. The van der Waals surface area contributed by atoms with E-state index in [9.17, 15) is 8.42 Å². The van der Waals surface area contributed by atoms with Crippen LogP contribution in [0.3, 0.4) is 0 Å². The molecule has 106 valence electrons. The van der Waals surface area contributed by atoms with Crippen LogP contribution in [-0.4, -0.2) is 38.4 Å². The molecule has 1 saturated heterocycles. The molecule has 2 rings (SSSR count).